The van der Waals surface area contributed by atoms with Gasteiger partial charge in [-0.2, -0.15) is 0 Å². The lowest BCUT2D eigenvalue weighted by atomic mass is 10.1. The van der Waals surface area contributed by atoms with Crippen molar-refractivity contribution in [1.82, 2.24) is 25.3 Å². The molecule has 1 aliphatic rings. The Morgan fingerprint density at radius 2 is 2.15 bits per heavy atom. The van der Waals surface area contributed by atoms with Gasteiger partial charge in [-0.1, -0.05) is 0 Å². The lowest BCUT2D eigenvalue weighted by molar-refractivity contribution is 0.0950. The molecule has 0 bridgehead atoms. The highest BCUT2D eigenvalue weighted by atomic mass is 16.3. The second kappa shape index (κ2) is 5.94. The van der Waals surface area contributed by atoms with E-state index in [1.807, 2.05) is 0 Å². The van der Waals surface area contributed by atoms with E-state index >= 15 is 0 Å². The highest BCUT2D eigenvalue weighted by molar-refractivity contribution is 6.10. The Morgan fingerprint density at radius 3 is 2.88 bits per heavy atom. The Kier molecular flexibility index (Phi) is 3.71. The van der Waals surface area contributed by atoms with Crippen molar-refractivity contribution in [2.24, 2.45) is 0 Å². The molecule has 1 saturated carbocycles. The van der Waals surface area contributed by atoms with E-state index in [4.69, 9.17) is 4.42 Å². The summed E-state index contributed by atoms with van der Waals surface area (Å²) in [5, 5.41) is 6.71. The fourth-order valence-corrected chi connectivity index (χ4v) is 2.78. The van der Waals surface area contributed by atoms with Crippen molar-refractivity contribution in [3.05, 3.63) is 46.1 Å². The third kappa shape index (κ3) is 3.03. The summed E-state index contributed by atoms with van der Waals surface area (Å²) >= 11 is 0. The Hall–Kier alpha value is -3.23. The molecule has 4 rings (SSSR count). The van der Waals surface area contributed by atoms with Gasteiger partial charge in [0.25, 0.3) is 11.5 Å². The number of aryl methyl sites for hydroxylation is 1. The summed E-state index contributed by atoms with van der Waals surface area (Å²) < 4.78 is 5.64. The summed E-state index contributed by atoms with van der Waals surface area (Å²) in [4.78, 5) is 39.0. The molecule has 1 fully saturated rings. The molecule has 3 aromatic heterocycles. The maximum absolute atomic E-state index is 12.8. The number of aromatic amines is 1. The maximum Gasteiger partial charge on any atom is 0.255 e. The smallest absolute Gasteiger partial charge is 0.255 e. The van der Waals surface area contributed by atoms with Crippen LogP contribution in [0.3, 0.4) is 0 Å². The molecule has 0 saturated heterocycles. The summed E-state index contributed by atoms with van der Waals surface area (Å²) in [6.45, 7) is 3.94. The van der Waals surface area contributed by atoms with Crippen LogP contribution in [-0.2, 0) is 6.54 Å². The van der Waals surface area contributed by atoms with E-state index in [2.05, 4.69) is 37.5 Å². The topological polar surface area (TPSA) is 126 Å². The predicted molar refractivity (Wildman–Crippen MR) is 93.8 cm³/mol. The number of rotatable bonds is 5. The first-order valence-electron chi connectivity index (χ1n) is 8.29. The van der Waals surface area contributed by atoms with Gasteiger partial charge in [-0.3, -0.25) is 9.59 Å². The number of furan rings is 1. The molecule has 3 heterocycles. The number of nitrogens with one attached hydrogen (secondary N) is 3. The Morgan fingerprint density at radius 1 is 1.35 bits per heavy atom. The number of aromatic nitrogens is 4. The van der Waals surface area contributed by atoms with Gasteiger partial charge in [-0.25, -0.2) is 15.0 Å². The number of amides is 1. The Labute approximate surface area is 148 Å². The summed E-state index contributed by atoms with van der Waals surface area (Å²) in [6.07, 6.45) is 4.81. The van der Waals surface area contributed by atoms with E-state index in [1.165, 1.54) is 18.7 Å². The molecule has 0 aromatic carbocycles. The third-order valence-corrected chi connectivity index (χ3v) is 4.48. The van der Waals surface area contributed by atoms with E-state index in [0.29, 0.717) is 33.9 Å². The van der Waals surface area contributed by atoms with E-state index in [-0.39, 0.29) is 23.6 Å². The van der Waals surface area contributed by atoms with E-state index in [1.54, 1.807) is 6.92 Å². The van der Waals surface area contributed by atoms with Gasteiger partial charge in [-0.15, -0.1) is 0 Å². The van der Waals surface area contributed by atoms with Gasteiger partial charge < -0.3 is 20.0 Å². The van der Waals surface area contributed by atoms with Gasteiger partial charge in [0.2, 0.25) is 5.71 Å². The molecule has 9 heteroatoms. The van der Waals surface area contributed by atoms with Crippen LogP contribution in [0.2, 0.25) is 0 Å². The molecule has 0 spiro atoms. The number of carbonyl (C=O) groups is 1. The minimum atomic E-state index is -0.331. The van der Waals surface area contributed by atoms with Crippen molar-refractivity contribution in [2.45, 2.75) is 38.8 Å². The predicted octanol–water partition coefficient (Wildman–Crippen LogP) is 1.51. The van der Waals surface area contributed by atoms with Gasteiger partial charge >= 0.3 is 0 Å². The van der Waals surface area contributed by atoms with Gasteiger partial charge in [0.05, 0.1) is 29.5 Å². The number of carbonyl (C=O) groups excluding carboxylic acids is 1. The molecule has 26 heavy (non-hydrogen) atoms. The Bertz CT molecular complexity index is 1050. The highest BCUT2D eigenvalue weighted by Gasteiger charge is 2.38. The summed E-state index contributed by atoms with van der Waals surface area (Å²) in [6, 6.07) is 1.34. The van der Waals surface area contributed by atoms with E-state index < -0.39 is 0 Å². The van der Waals surface area contributed by atoms with Gasteiger partial charge in [0.15, 0.2) is 0 Å². The first-order valence-corrected chi connectivity index (χ1v) is 8.29. The number of hydrogen-bond donors (Lipinski definition) is 3. The first kappa shape index (κ1) is 16.2. The van der Waals surface area contributed by atoms with Crippen LogP contribution in [-0.4, -0.2) is 31.4 Å². The molecule has 0 atom stereocenters. The number of fused-ring (bicyclic) bond motifs is 1. The largest absolute Gasteiger partial charge is 0.442 e. The van der Waals surface area contributed by atoms with Crippen molar-refractivity contribution < 1.29 is 9.21 Å². The molecule has 1 amide bonds. The second-order valence-corrected chi connectivity index (χ2v) is 6.71. The quantitative estimate of drug-likeness (QED) is 0.634. The average Bonchev–Trinajstić information content (AvgIpc) is 3.21. The van der Waals surface area contributed by atoms with Crippen molar-refractivity contribution in [1.29, 1.82) is 0 Å². The van der Waals surface area contributed by atoms with Crippen LogP contribution in [0.5, 0.6) is 0 Å². The van der Waals surface area contributed by atoms with Crippen LogP contribution in [0.1, 0.15) is 41.6 Å². The third-order valence-electron chi connectivity index (χ3n) is 4.48. The van der Waals surface area contributed by atoms with Gasteiger partial charge in [0.1, 0.15) is 17.9 Å². The number of nitrogens with zero attached hydrogens (tertiary/aromatic N) is 3. The van der Waals surface area contributed by atoms with Crippen molar-refractivity contribution in [3.8, 4) is 0 Å². The van der Waals surface area contributed by atoms with Crippen LogP contribution in [0, 0.1) is 6.92 Å². The van der Waals surface area contributed by atoms with Crippen LogP contribution < -0.4 is 16.2 Å². The van der Waals surface area contributed by atoms with E-state index in [9.17, 15) is 9.59 Å². The molecule has 0 aliphatic heterocycles. The number of anilines is 1. The summed E-state index contributed by atoms with van der Waals surface area (Å²) in [5.41, 5.74) is 0.940. The summed E-state index contributed by atoms with van der Waals surface area (Å²) in [5.74, 6) is 0.717. The molecular formula is C17H18N6O3. The van der Waals surface area contributed by atoms with Crippen molar-refractivity contribution in [2.75, 3.05) is 5.32 Å². The monoisotopic (exact) mass is 354 g/mol. The molecule has 9 nitrogen and oxygen atoms in total. The normalized spacial score (nSPS) is 15.0. The summed E-state index contributed by atoms with van der Waals surface area (Å²) in [7, 11) is 0. The van der Waals surface area contributed by atoms with Crippen LogP contribution >= 0.6 is 0 Å². The molecular weight excluding hydrogens is 336 g/mol. The highest BCUT2D eigenvalue weighted by Crippen LogP contribution is 2.40. The van der Waals surface area contributed by atoms with Gasteiger partial charge in [-0.05, 0) is 26.7 Å². The van der Waals surface area contributed by atoms with E-state index in [0.717, 1.165) is 12.8 Å². The molecule has 1 aliphatic carbocycles. The SMILES string of the molecule is Cc1oc2ncnc(NC3(C)CC3)c2c1C(=O)NCc1cc(=O)[nH]cn1. The molecule has 3 aromatic rings. The zero-order valence-corrected chi connectivity index (χ0v) is 14.4. The standard InChI is InChI=1S/C17H18N6O3/c1-9-12(15(25)18-6-10-5-11(24)20-7-19-10)13-14(23-17(2)3-4-17)21-8-22-16(13)26-9/h5,7-8H,3-4,6H2,1-2H3,(H,18,25)(H,19,20,24)(H,21,22,23). The minimum Gasteiger partial charge on any atom is -0.442 e. The van der Waals surface area contributed by atoms with Crippen LogP contribution in [0.25, 0.3) is 11.1 Å². The molecule has 3 N–H and O–H groups in total. The molecule has 0 unspecified atom stereocenters. The molecule has 134 valence electrons. The zero-order chi connectivity index (χ0) is 18.3. The van der Waals surface area contributed by atoms with Crippen molar-refractivity contribution in [3.63, 3.8) is 0 Å². The van der Waals surface area contributed by atoms with Crippen LogP contribution in [0.15, 0.2) is 27.9 Å². The maximum atomic E-state index is 12.8. The van der Waals surface area contributed by atoms with Crippen molar-refractivity contribution >= 4 is 22.8 Å². The lowest BCUT2D eigenvalue weighted by Gasteiger charge is -2.13. The van der Waals surface area contributed by atoms with Crippen LogP contribution in [0.4, 0.5) is 5.82 Å². The Balaban J connectivity index is 1.65. The lowest BCUT2D eigenvalue weighted by Crippen LogP contribution is -2.25. The fourth-order valence-electron chi connectivity index (χ4n) is 2.78. The first-order chi connectivity index (χ1) is 12.5. The molecule has 0 radical (unpaired) electrons. The number of H-pyrrole nitrogens is 1. The number of hydrogen-bond acceptors (Lipinski definition) is 7. The average molecular weight is 354 g/mol. The fraction of sp³-hybridized carbons (Fsp3) is 0.353. The zero-order valence-electron chi connectivity index (χ0n) is 14.4. The second-order valence-electron chi connectivity index (χ2n) is 6.71. The van der Waals surface area contributed by atoms with Gasteiger partial charge in [0, 0.05) is 11.6 Å². The minimum absolute atomic E-state index is 0.00477.